The zero-order chi connectivity index (χ0) is 14.8. The second kappa shape index (κ2) is 6.63. The SMILES string of the molecule is CC1CCC(CN)C(N2CCOCC2C(=O)NC2CC2)C1. The van der Waals surface area contributed by atoms with Crippen molar-refractivity contribution in [3.05, 3.63) is 0 Å². The molecular weight excluding hydrogens is 266 g/mol. The number of ether oxygens (including phenoxy) is 1. The van der Waals surface area contributed by atoms with Gasteiger partial charge in [-0.25, -0.2) is 0 Å². The first kappa shape index (κ1) is 15.3. The van der Waals surface area contributed by atoms with Crippen LogP contribution in [-0.4, -0.2) is 55.2 Å². The maximum absolute atomic E-state index is 12.5. The van der Waals surface area contributed by atoms with Crippen molar-refractivity contribution < 1.29 is 9.53 Å². The van der Waals surface area contributed by atoms with E-state index in [2.05, 4.69) is 17.1 Å². The largest absolute Gasteiger partial charge is 0.378 e. The van der Waals surface area contributed by atoms with Gasteiger partial charge >= 0.3 is 0 Å². The maximum atomic E-state index is 12.5. The van der Waals surface area contributed by atoms with Gasteiger partial charge in [0, 0.05) is 18.6 Å². The molecule has 3 rings (SSSR count). The van der Waals surface area contributed by atoms with Gasteiger partial charge in [-0.2, -0.15) is 0 Å². The van der Waals surface area contributed by atoms with Crippen LogP contribution in [0.3, 0.4) is 0 Å². The molecule has 3 N–H and O–H groups in total. The monoisotopic (exact) mass is 295 g/mol. The van der Waals surface area contributed by atoms with Gasteiger partial charge in [0.2, 0.25) is 5.91 Å². The molecule has 0 bridgehead atoms. The maximum Gasteiger partial charge on any atom is 0.239 e. The van der Waals surface area contributed by atoms with E-state index in [0.717, 1.165) is 44.9 Å². The second-order valence-electron chi connectivity index (χ2n) is 7.09. The lowest BCUT2D eigenvalue weighted by Gasteiger charge is -2.46. The molecule has 21 heavy (non-hydrogen) atoms. The van der Waals surface area contributed by atoms with E-state index in [4.69, 9.17) is 10.5 Å². The molecule has 0 spiro atoms. The highest BCUT2D eigenvalue weighted by Crippen LogP contribution is 2.33. The van der Waals surface area contributed by atoms with Gasteiger partial charge in [0.25, 0.3) is 0 Å². The lowest BCUT2D eigenvalue weighted by atomic mass is 9.77. The van der Waals surface area contributed by atoms with Crippen molar-refractivity contribution in [2.24, 2.45) is 17.6 Å². The van der Waals surface area contributed by atoms with Crippen LogP contribution >= 0.6 is 0 Å². The molecule has 3 aliphatic rings. The lowest BCUT2D eigenvalue weighted by molar-refractivity contribution is -0.137. The minimum absolute atomic E-state index is 0.122. The lowest BCUT2D eigenvalue weighted by Crippen LogP contribution is -2.60. The van der Waals surface area contributed by atoms with E-state index in [1.165, 1.54) is 12.8 Å². The molecule has 4 atom stereocenters. The summed E-state index contributed by atoms with van der Waals surface area (Å²) >= 11 is 0. The first-order chi connectivity index (χ1) is 10.2. The van der Waals surface area contributed by atoms with E-state index in [1.807, 2.05) is 0 Å². The topological polar surface area (TPSA) is 67.6 Å². The third kappa shape index (κ3) is 3.58. The molecule has 4 unspecified atom stereocenters. The molecule has 1 heterocycles. The van der Waals surface area contributed by atoms with E-state index in [0.29, 0.717) is 24.6 Å². The van der Waals surface area contributed by atoms with Crippen LogP contribution < -0.4 is 11.1 Å². The van der Waals surface area contributed by atoms with Crippen molar-refractivity contribution in [3.63, 3.8) is 0 Å². The third-order valence-electron chi connectivity index (χ3n) is 5.34. The van der Waals surface area contributed by atoms with Gasteiger partial charge in [-0.15, -0.1) is 0 Å². The summed E-state index contributed by atoms with van der Waals surface area (Å²) in [5, 5.41) is 3.14. The van der Waals surface area contributed by atoms with E-state index in [-0.39, 0.29) is 11.9 Å². The Balaban J connectivity index is 1.70. The van der Waals surface area contributed by atoms with E-state index >= 15 is 0 Å². The second-order valence-corrected chi connectivity index (χ2v) is 7.09. The van der Waals surface area contributed by atoms with Crippen LogP contribution in [0.2, 0.25) is 0 Å². The Morgan fingerprint density at radius 1 is 1.33 bits per heavy atom. The van der Waals surface area contributed by atoms with Crippen LogP contribution in [-0.2, 0) is 9.53 Å². The molecule has 120 valence electrons. The van der Waals surface area contributed by atoms with Gasteiger partial charge in [0.05, 0.1) is 13.2 Å². The highest BCUT2D eigenvalue weighted by Gasteiger charge is 2.40. The molecule has 5 nitrogen and oxygen atoms in total. The average Bonchev–Trinajstić information content (AvgIpc) is 3.31. The van der Waals surface area contributed by atoms with Crippen LogP contribution in [0.5, 0.6) is 0 Å². The van der Waals surface area contributed by atoms with Crippen LogP contribution in [0, 0.1) is 11.8 Å². The number of rotatable bonds is 4. The van der Waals surface area contributed by atoms with Gasteiger partial charge in [-0.05, 0) is 44.1 Å². The Kier molecular flexibility index (Phi) is 4.82. The zero-order valence-electron chi connectivity index (χ0n) is 13.1. The summed E-state index contributed by atoms with van der Waals surface area (Å²) in [6.07, 6.45) is 5.88. The standard InChI is InChI=1S/C16H29N3O2/c1-11-2-3-12(9-17)14(8-11)19-6-7-21-10-15(19)16(20)18-13-4-5-13/h11-15H,2-10,17H2,1H3,(H,18,20). The smallest absolute Gasteiger partial charge is 0.239 e. The first-order valence-electron chi connectivity index (χ1n) is 8.53. The van der Waals surface area contributed by atoms with E-state index < -0.39 is 0 Å². The molecule has 0 radical (unpaired) electrons. The van der Waals surface area contributed by atoms with Crippen molar-refractivity contribution in [2.45, 2.75) is 57.2 Å². The number of nitrogens with two attached hydrogens (primary N) is 1. The third-order valence-corrected chi connectivity index (χ3v) is 5.34. The van der Waals surface area contributed by atoms with Crippen molar-refractivity contribution in [1.82, 2.24) is 10.2 Å². The molecule has 1 saturated heterocycles. The van der Waals surface area contributed by atoms with Crippen molar-refractivity contribution in [1.29, 1.82) is 0 Å². The predicted octanol–water partition coefficient (Wildman–Crippen LogP) is 0.729. The van der Waals surface area contributed by atoms with Crippen molar-refractivity contribution in [3.8, 4) is 0 Å². The molecule has 2 aliphatic carbocycles. The molecule has 1 amide bonds. The number of hydrogen-bond donors (Lipinski definition) is 2. The Bertz CT molecular complexity index is 373. The molecule has 5 heteroatoms. The summed E-state index contributed by atoms with van der Waals surface area (Å²) < 4.78 is 5.59. The Morgan fingerprint density at radius 3 is 2.86 bits per heavy atom. The number of carbonyl (C=O) groups is 1. The fourth-order valence-electron chi connectivity index (χ4n) is 3.86. The summed E-state index contributed by atoms with van der Waals surface area (Å²) in [5.74, 6) is 1.41. The summed E-state index contributed by atoms with van der Waals surface area (Å²) in [4.78, 5) is 14.9. The Morgan fingerprint density at radius 2 is 2.14 bits per heavy atom. The minimum atomic E-state index is -0.122. The fraction of sp³-hybridized carbons (Fsp3) is 0.938. The van der Waals surface area contributed by atoms with Crippen LogP contribution in [0.15, 0.2) is 0 Å². The molecule has 0 aromatic carbocycles. The van der Waals surface area contributed by atoms with Gasteiger partial charge in [0.1, 0.15) is 6.04 Å². The number of nitrogens with zero attached hydrogens (tertiary/aromatic N) is 1. The molecule has 1 aliphatic heterocycles. The summed E-state index contributed by atoms with van der Waals surface area (Å²) in [5.41, 5.74) is 6.00. The zero-order valence-corrected chi connectivity index (χ0v) is 13.1. The van der Waals surface area contributed by atoms with Gasteiger partial charge in [-0.3, -0.25) is 9.69 Å². The fourth-order valence-corrected chi connectivity index (χ4v) is 3.86. The van der Waals surface area contributed by atoms with Gasteiger partial charge in [0.15, 0.2) is 0 Å². The van der Waals surface area contributed by atoms with Crippen LogP contribution in [0.4, 0.5) is 0 Å². The highest BCUT2D eigenvalue weighted by molar-refractivity contribution is 5.82. The predicted molar refractivity (Wildman–Crippen MR) is 81.8 cm³/mol. The first-order valence-corrected chi connectivity index (χ1v) is 8.53. The highest BCUT2D eigenvalue weighted by atomic mass is 16.5. The Labute approximate surface area is 127 Å². The number of nitrogens with one attached hydrogen (secondary N) is 1. The van der Waals surface area contributed by atoms with Crippen molar-refractivity contribution in [2.75, 3.05) is 26.3 Å². The van der Waals surface area contributed by atoms with Gasteiger partial charge in [-0.1, -0.05) is 13.3 Å². The molecule has 0 aromatic rings. The summed E-state index contributed by atoms with van der Waals surface area (Å²) in [6, 6.07) is 0.734. The number of carbonyl (C=O) groups excluding carboxylic acids is 1. The van der Waals surface area contributed by atoms with Gasteiger partial charge < -0.3 is 15.8 Å². The number of morpholine rings is 1. The molecular formula is C16H29N3O2. The van der Waals surface area contributed by atoms with Crippen LogP contribution in [0.25, 0.3) is 0 Å². The molecule has 2 saturated carbocycles. The number of amides is 1. The Hall–Kier alpha value is -0.650. The summed E-state index contributed by atoms with van der Waals surface area (Å²) in [6.45, 7) is 5.16. The number of hydrogen-bond acceptors (Lipinski definition) is 4. The minimum Gasteiger partial charge on any atom is -0.378 e. The van der Waals surface area contributed by atoms with E-state index in [9.17, 15) is 4.79 Å². The van der Waals surface area contributed by atoms with Crippen LogP contribution in [0.1, 0.15) is 39.0 Å². The van der Waals surface area contributed by atoms with E-state index in [1.54, 1.807) is 0 Å². The normalized spacial score (nSPS) is 38.2. The average molecular weight is 295 g/mol. The van der Waals surface area contributed by atoms with Crippen molar-refractivity contribution >= 4 is 5.91 Å². The quantitative estimate of drug-likeness (QED) is 0.802. The molecule has 0 aromatic heterocycles. The molecule has 3 fully saturated rings. The summed E-state index contributed by atoms with van der Waals surface area (Å²) in [7, 11) is 0.